The first kappa shape index (κ1) is 32.3. The van der Waals surface area contributed by atoms with Crippen molar-refractivity contribution in [3.05, 3.63) is 89.5 Å². The summed E-state index contributed by atoms with van der Waals surface area (Å²) < 4.78 is 34.0. The van der Waals surface area contributed by atoms with E-state index in [2.05, 4.69) is 0 Å². The van der Waals surface area contributed by atoms with E-state index < -0.39 is 22.2 Å². The lowest BCUT2D eigenvalue weighted by atomic mass is 9.98. The molecule has 3 aromatic carbocycles. The lowest BCUT2D eigenvalue weighted by Gasteiger charge is -2.32. The maximum atomic E-state index is 13.9. The third kappa shape index (κ3) is 8.16. The number of rotatable bonds is 13. The van der Waals surface area contributed by atoms with Gasteiger partial charge in [-0.25, -0.2) is 13.2 Å². The zero-order chi connectivity index (χ0) is 30.3. The van der Waals surface area contributed by atoms with Gasteiger partial charge in [0.2, 0.25) is 10.0 Å². The molecule has 3 rings (SSSR count). The number of hydrogen-bond acceptors (Lipinski definition) is 6. The quantitative estimate of drug-likeness (QED) is 0.322. The second-order valence-electron chi connectivity index (χ2n) is 11.2. The van der Waals surface area contributed by atoms with Crippen molar-refractivity contribution in [3.63, 3.8) is 0 Å². The standard InChI is InChI=1S/C32H43N3O5S/c1-23(2)21-35(41(38,39)28-17-15-27(40-7)16-18-28)22-31(36)30(19-25-11-9-8-10-12-25)34(6)32(37)29-20-26(33(4)5)14-13-24(29)3/h8-18,20,23,30-31,36H,19,21-22H2,1-7H3/p+1/t30-,31+/m0/s1. The molecule has 3 atom stereocenters. The number of quaternary nitrogens is 1. The summed E-state index contributed by atoms with van der Waals surface area (Å²) in [6, 6.07) is 21.0. The summed E-state index contributed by atoms with van der Waals surface area (Å²) in [6.07, 6.45) is -0.729. The van der Waals surface area contributed by atoms with Crippen molar-refractivity contribution >= 4 is 21.6 Å². The first-order chi connectivity index (χ1) is 19.3. The minimum absolute atomic E-state index is 0.0194. The van der Waals surface area contributed by atoms with Crippen LogP contribution in [0.15, 0.2) is 77.7 Å². The van der Waals surface area contributed by atoms with Crippen LogP contribution in [0.3, 0.4) is 0 Å². The minimum atomic E-state index is -3.92. The topological polar surface area (TPSA) is 91.6 Å². The highest BCUT2D eigenvalue weighted by Gasteiger charge is 2.37. The van der Waals surface area contributed by atoms with Crippen LogP contribution in [0.25, 0.3) is 0 Å². The van der Waals surface area contributed by atoms with Crippen LogP contribution < -0.4 is 14.5 Å². The van der Waals surface area contributed by atoms with E-state index >= 15 is 0 Å². The van der Waals surface area contributed by atoms with Gasteiger partial charge >= 0.3 is 5.91 Å². The molecule has 222 valence electrons. The van der Waals surface area contributed by atoms with Gasteiger partial charge in [-0.1, -0.05) is 50.2 Å². The molecule has 1 amide bonds. The fraction of sp³-hybridized carbons (Fsp3) is 0.406. The molecule has 2 N–H and O–H groups in total. The molecule has 3 aromatic rings. The van der Waals surface area contributed by atoms with Crippen LogP contribution in [0.2, 0.25) is 0 Å². The number of amides is 1. The number of methoxy groups -OCH3 is 1. The van der Waals surface area contributed by atoms with Crippen molar-refractivity contribution in [2.75, 3.05) is 46.2 Å². The van der Waals surface area contributed by atoms with E-state index in [0.717, 1.165) is 16.8 Å². The summed E-state index contributed by atoms with van der Waals surface area (Å²) in [5.41, 5.74) is 3.27. The smallest absolute Gasteiger partial charge is 0.344 e. The fourth-order valence-electron chi connectivity index (χ4n) is 4.87. The monoisotopic (exact) mass is 582 g/mol. The summed E-state index contributed by atoms with van der Waals surface area (Å²) in [4.78, 5) is 16.5. The number of benzene rings is 3. The van der Waals surface area contributed by atoms with Gasteiger partial charge in [0, 0.05) is 39.3 Å². The van der Waals surface area contributed by atoms with E-state index in [9.17, 15) is 18.3 Å². The van der Waals surface area contributed by atoms with E-state index in [4.69, 9.17) is 4.74 Å². The Morgan fingerprint density at radius 2 is 1.61 bits per heavy atom. The highest BCUT2D eigenvalue weighted by Crippen LogP contribution is 2.22. The summed E-state index contributed by atoms with van der Waals surface area (Å²) in [5, 5.41) is 11.7. The van der Waals surface area contributed by atoms with E-state index in [0.29, 0.717) is 22.6 Å². The molecule has 0 radical (unpaired) electrons. The number of nitrogens with one attached hydrogen (secondary N) is 1. The molecule has 0 aliphatic rings. The Morgan fingerprint density at radius 3 is 2.17 bits per heavy atom. The van der Waals surface area contributed by atoms with Crippen molar-refractivity contribution < 1.29 is 28.0 Å². The molecule has 0 heterocycles. The van der Waals surface area contributed by atoms with Gasteiger partial charge in [-0.2, -0.15) is 4.31 Å². The number of nitrogens with zero attached hydrogens (tertiary/aromatic N) is 2. The lowest BCUT2D eigenvalue weighted by molar-refractivity contribution is -0.825. The maximum Gasteiger partial charge on any atom is 0.344 e. The SMILES string of the molecule is COc1ccc(S(=O)(=O)N(CC(C)C)C[C@@H](O)[C@H](Cc2ccccc2)[NH+](C)C(=O)c2cc(N(C)C)ccc2C)cc1. The van der Waals surface area contributed by atoms with Crippen molar-refractivity contribution in [2.24, 2.45) is 5.92 Å². The number of hydrogen-bond donors (Lipinski definition) is 2. The molecule has 41 heavy (non-hydrogen) atoms. The van der Waals surface area contributed by atoms with Crippen molar-refractivity contribution in [3.8, 4) is 5.75 Å². The molecule has 8 nitrogen and oxygen atoms in total. The van der Waals surface area contributed by atoms with Crippen LogP contribution in [0.4, 0.5) is 5.69 Å². The molecular weight excluding hydrogens is 538 g/mol. The van der Waals surface area contributed by atoms with Gasteiger partial charge < -0.3 is 14.7 Å². The van der Waals surface area contributed by atoms with Crippen LogP contribution in [-0.2, 0) is 16.4 Å². The number of anilines is 1. The first-order valence-corrected chi connectivity index (χ1v) is 15.3. The normalized spacial score (nSPS) is 14.1. The largest absolute Gasteiger partial charge is 0.497 e. The summed E-state index contributed by atoms with van der Waals surface area (Å²) >= 11 is 0. The average Bonchev–Trinajstić information content (AvgIpc) is 2.95. The Kier molecular flexibility index (Phi) is 11.1. The average molecular weight is 583 g/mol. The molecule has 0 aliphatic carbocycles. The number of aryl methyl sites for hydroxylation is 1. The van der Waals surface area contributed by atoms with E-state index in [-0.39, 0.29) is 29.8 Å². The van der Waals surface area contributed by atoms with Gasteiger partial charge in [0.05, 0.1) is 24.6 Å². The zero-order valence-corrected chi connectivity index (χ0v) is 26.0. The third-order valence-electron chi connectivity index (χ3n) is 7.32. The fourth-order valence-corrected chi connectivity index (χ4v) is 6.49. The van der Waals surface area contributed by atoms with Gasteiger partial charge in [0.25, 0.3) is 0 Å². The zero-order valence-electron chi connectivity index (χ0n) is 25.2. The van der Waals surface area contributed by atoms with Crippen LogP contribution in [0.5, 0.6) is 5.75 Å². The molecule has 0 spiro atoms. The van der Waals surface area contributed by atoms with Crippen LogP contribution >= 0.6 is 0 Å². The molecule has 1 unspecified atom stereocenters. The summed E-state index contributed by atoms with van der Waals surface area (Å²) in [7, 11) is 3.20. The molecule has 0 bridgehead atoms. The third-order valence-corrected chi connectivity index (χ3v) is 9.16. The number of carbonyl (C=O) groups excluding carboxylic acids is 1. The van der Waals surface area contributed by atoms with Crippen LogP contribution in [0, 0.1) is 12.8 Å². The molecule has 0 saturated heterocycles. The second-order valence-corrected chi connectivity index (χ2v) is 13.1. The predicted octanol–water partition coefficient (Wildman–Crippen LogP) is 3.04. The molecule has 0 saturated carbocycles. The molecule has 0 aliphatic heterocycles. The number of ether oxygens (including phenoxy) is 1. The number of aliphatic hydroxyl groups excluding tert-OH is 1. The van der Waals surface area contributed by atoms with Crippen LogP contribution in [0.1, 0.15) is 35.3 Å². The van der Waals surface area contributed by atoms with Gasteiger partial charge in [0.15, 0.2) is 0 Å². The Morgan fingerprint density at radius 1 is 0.976 bits per heavy atom. The Balaban J connectivity index is 1.98. The number of carbonyl (C=O) groups is 1. The highest BCUT2D eigenvalue weighted by molar-refractivity contribution is 7.89. The number of aliphatic hydroxyl groups is 1. The molecule has 9 heteroatoms. The predicted molar refractivity (Wildman–Crippen MR) is 163 cm³/mol. The van der Waals surface area contributed by atoms with Crippen molar-refractivity contribution in [2.45, 2.75) is 44.2 Å². The minimum Gasteiger partial charge on any atom is -0.497 e. The Bertz CT molecular complexity index is 1390. The second kappa shape index (κ2) is 14.1. The van der Waals surface area contributed by atoms with Crippen LogP contribution in [-0.4, -0.2) is 77.2 Å². The first-order valence-electron chi connectivity index (χ1n) is 13.9. The Hall–Kier alpha value is -3.24. The highest BCUT2D eigenvalue weighted by atomic mass is 32.2. The molecule has 0 fully saturated rings. The van der Waals surface area contributed by atoms with Crippen molar-refractivity contribution in [1.82, 2.24) is 4.31 Å². The van der Waals surface area contributed by atoms with E-state index in [1.807, 2.05) is 88.3 Å². The molecular formula is C32H44N3O5S+. The number of sulfonamides is 1. The van der Waals surface area contributed by atoms with Gasteiger partial charge in [-0.3, -0.25) is 4.90 Å². The maximum absolute atomic E-state index is 13.9. The molecule has 0 aromatic heterocycles. The van der Waals surface area contributed by atoms with Crippen molar-refractivity contribution in [1.29, 1.82) is 0 Å². The lowest BCUT2D eigenvalue weighted by Crippen LogP contribution is -3.17. The van der Waals surface area contributed by atoms with Gasteiger partial charge in [-0.15, -0.1) is 0 Å². The van der Waals surface area contributed by atoms with Gasteiger partial charge in [0.1, 0.15) is 17.9 Å². The summed E-state index contributed by atoms with van der Waals surface area (Å²) in [5.74, 6) is 0.421. The van der Waals surface area contributed by atoms with E-state index in [1.165, 1.54) is 23.5 Å². The Labute approximate surface area is 245 Å². The number of likely N-dealkylation sites (N-methyl/N-ethyl adjacent to an activating group) is 1. The summed E-state index contributed by atoms with van der Waals surface area (Å²) in [6.45, 7) is 5.85. The van der Waals surface area contributed by atoms with Gasteiger partial charge in [-0.05, 0) is 60.4 Å². The van der Waals surface area contributed by atoms with E-state index in [1.54, 1.807) is 19.2 Å².